The molecule has 0 aliphatic carbocycles. The highest BCUT2D eigenvalue weighted by Crippen LogP contribution is 2.08. The first-order chi connectivity index (χ1) is 4.95. The number of hydrogen-bond donors (Lipinski definition) is 0. The minimum atomic E-state index is 0.553. The zero-order chi connectivity index (χ0) is 9.02. The Balaban J connectivity index is 4.33. The van der Waals surface area contributed by atoms with Gasteiger partial charge in [-0.1, -0.05) is 27.7 Å². The minimum absolute atomic E-state index is 0.553. The van der Waals surface area contributed by atoms with Crippen molar-refractivity contribution < 1.29 is 0 Å². The van der Waals surface area contributed by atoms with Crippen LogP contribution >= 0.6 is 0 Å². The standard InChI is InChI=1S/C9H20N2/c1-7(2)9(8(3)4)10-11(5)6/h7-8H,1-6H3. The number of hydrogen-bond acceptors (Lipinski definition) is 2. The van der Waals surface area contributed by atoms with Gasteiger partial charge in [0.25, 0.3) is 0 Å². The molecule has 2 heteroatoms. The summed E-state index contributed by atoms with van der Waals surface area (Å²) in [6.45, 7) is 8.73. The van der Waals surface area contributed by atoms with Crippen LogP contribution < -0.4 is 0 Å². The van der Waals surface area contributed by atoms with E-state index in [4.69, 9.17) is 0 Å². The van der Waals surface area contributed by atoms with Crippen molar-refractivity contribution in [2.24, 2.45) is 16.9 Å². The quantitative estimate of drug-likeness (QED) is 0.452. The van der Waals surface area contributed by atoms with Crippen LogP contribution in [0.15, 0.2) is 5.10 Å². The van der Waals surface area contributed by atoms with Gasteiger partial charge < -0.3 is 5.01 Å². The third-order valence-electron chi connectivity index (χ3n) is 1.50. The van der Waals surface area contributed by atoms with Gasteiger partial charge in [0.2, 0.25) is 0 Å². The molecule has 0 unspecified atom stereocenters. The van der Waals surface area contributed by atoms with Crippen LogP contribution in [0, 0.1) is 11.8 Å². The Morgan fingerprint density at radius 1 is 1.00 bits per heavy atom. The van der Waals surface area contributed by atoms with Gasteiger partial charge in [0.05, 0.1) is 0 Å². The third kappa shape index (κ3) is 4.02. The largest absolute Gasteiger partial charge is 0.303 e. The second kappa shape index (κ2) is 4.37. The van der Waals surface area contributed by atoms with Crippen molar-refractivity contribution in [2.75, 3.05) is 14.1 Å². The molecule has 11 heavy (non-hydrogen) atoms. The predicted octanol–water partition coefficient (Wildman–Crippen LogP) is 2.22. The molecule has 0 saturated heterocycles. The van der Waals surface area contributed by atoms with Crippen molar-refractivity contribution in [3.8, 4) is 0 Å². The Morgan fingerprint density at radius 3 is 1.45 bits per heavy atom. The summed E-state index contributed by atoms with van der Waals surface area (Å²) in [6, 6.07) is 0. The summed E-state index contributed by atoms with van der Waals surface area (Å²) >= 11 is 0. The van der Waals surface area contributed by atoms with Gasteiger partial charge in [0.15, 0.2) is 0 Å². The molecule has 0 bridgehead atoms. The minimum Gasteiger partial charge on any atom is -0.303 e. The lowest BCUT2D eigenvalue weighted by molar-refractivity contribution is 0.428. The van der Waals surface area contributed by atoms with Crippen LogP contribution in [0.5, 0.6) is 0 Å². The van der Waals surface area contributed by atoms with E-state index in [1.165, 1.54) is 5.71 Å². The van der Waals surface area contributed by atoms with Crippen molar-refractivity contribution in [3.63, 3.8) is 0 Å². The molecule has 0 amide bonds. The fraction of sp³-hybridized carbons (Fsp3) is 0.889. The predicted molar refractivity (Wildman–Crippen MR) is 50.8 cm³/mol. The van der Waals surface area contributed by atoms with E-state index in [0.29, 0.717) is 11.8 Å². The van der Waals surface area contributed by atoms with E-state index in [0.717, 1.165) is 0 Å². The molecule has 0 aliphatic heterocycles. The van der Waals surface area contributed by atoms with Gasteiger partial charge in [-0.3, -0.25) is 0 Å². The number of rotatable bonds is 3. The van der Waals surface area contributed by atoms with Crippen LogP contribution in [0.4, 0.5) is 0 Å². The molecule has 66 valence electrons. The van der Waals surface area contributed by atoms with E-state index < -0.39 is 0 Å². The summed E-state index contributed by atoms with van der Waals surface area (Å²) in [6.07, 6.45) is 0. The Hall–Kier alpha value is -0.530. The molecule has 0 spiro atoms. The van der Waals surface area contributed by atoms with Gasteiger partial charge in [0, 0.05) is 19.8 Å². The summed E-state index contributed by atoms with van der Waals surface area (Å²) in [5.41, 5.74) is 1.27. The number of nitrogens with zero attached hydrogens (tertiary/aromatic N) is 2. The van der Waals surface area contributed by atoms with Crippen LogP contribution in [-0.2, 0) is 0 Å². The summed E-state index contributed by atoms with van der Waals surface area (Å²) in [7, 11) is 3.93. The van der Waals surface area contributed by atoms with Crippen LogP contribution in [0.3, 0.4) is 0 Å². The topological polar surface area (TPSA) is 15.6 Å². The van der Waals surface area contributed by atoms with Crippen LogP contribution in [0.1, 0.15) is 27.7 Å². The molecule has 2 nitrogen and oxygen atoms in total. The monoisotopic (exact) mass is 156 g/mol. The zero-order valence-electron chi connectivity index (χ0n) is 8.55. The molecule has 0 aliphatic rings. The molecule has 0 rings (SSSR count). The van der Waals surface area contributed by atoms with E-state index in [9.17, 15) is 0 Å². The first-order valence-electron chi connectivity index (χ1n) is 4.20. The summed E-state index contributed by atoms with van der Waals surface area (Å²) in [4.78, 5) is 0. The molecule has 0 aromatic rings. The van der Waals surface area contributed by atoms with Crippen LogP contribution in [0.2, 0.25) is 0 Å². The average molecular weight is 156 g/mol. The summed E-state index contributed by atoms with van der Waals surface area (Å²) in [5.74, 6) is 1.11. The Morgan fingerprint density at radius 2 is 1.36 bits per heavy atom. The lowest BCUT2D eigenvalue weighted by Crippen LogP contribution is -2.19. The molecule has 0 radical (unpaired) electrons. The molecule has 0 heterocycles. The molecule has 0 N–H and O–H groups in total. The highest BCUT2D eigenvalue weighted by atomic mass is 15.4. The Kier molecular flexibility index (Phi) is 4.16. The molecule has 0 aromatic heterocycles. The van der Waals surface area contributed by atoms with E-state index in [-0.39, 0.29) is 0 Å². The highest BCUT2D eigenvalue weighted by Gasteiger charge is 2.09. The third-order valence-corrected chi connectivity index (χ3v) is 1.50. The second-order valence-electron chi connectivity index (χ2n) is 3.68. The van der Waals surface area contributed by atoms with Crippen molar-refractivity contribution >= 4 is 5.71 Å². The fourth-order valence-electron chi connectivity index (χ4n) is 1.13. The Bertz CT molecular complexity index is 124. The maximum absolute atomic E-state index is 4.43. The maximum Gasteiger partial charge on any atom is 0.0431 e. The maximum atomic E-state index is 4.43. The zero-order valence-corrected chi connectivity index (χ0v) is 8.55. The van der Waals surface area contributed by atoms with Gasteiger partial charge in [-0.25, -0.2) is 0 Å². The van der Waals surface area contributed by atoms with Gasteiger partial charge in [-0.05, 0) is 11.8 Å². The van der Waals surface area contributed by atoms with Crippen molar-refractivity contribution in [1.82, 2.24) is 5.01 Å². The van der Waals surface area contributed by atoms with E-state index in [1.54, 1.807) is 0 Å². The normalized spacial score (nSPS) is 10.5. The fourth-order valence-corrected chi connectivity index (χ4v) is 1.13. The molecule has 0 fully saturated rings. The highest BCUT2D eigenvalue weighted by molar-refractivity contribution is 5.87. The van der Waals surface area contributed by atoms with Crippen molar-refractivity contribution in [1.29, 1.82) is 0 Å². The van der Waals surface area contributed by atoms with Gasteiger partial charge >= 0.3 is 0 Å². The van der Waals surface area contributed by atoms with Gasteiger partial charge in [-0.2, -0.15) is 5.10 Å². The Labute approximate surface area is 70.3 Å². The van der Waals surface area contributed by atoms with Crippen LogP contribution in [-0.4, -0.2) is 24.8 Å². The first kappa shape index (κ1) is 10.5. The van der Waals surface area contributed by atoms with E-state index >= 15 is 0 Å². The second-order valence-corrected chi connectivity index (χ2v) is 3.68. The smallest absolute Gasteiger partial charge is 0.0431 e. The number of hydrazone groups is 1. The lowest BCUT2D eigenvalue weighted by Gasteiger charge is -2.16. The van der Waals surface area contributed by atoms with Crippen LogP contribution in [0.25, 0.3) is 0 Å². The van der Waals surface area contributed by atoms with Gasteiger partial charge in [0.1, 0.15) is 0 Å². The molecule has 0 aromatic carbocycles. The van der Waals surface area contributed by atoms with Crippen molar-refractivity contribution in [2.45, 2.75) is 27.7 Å². The lowest BCUT2D eigenvalue weighted by atomic mass is 9.98. The first-order valence-corrected chi connectivity index (χ1v) is 4.20. The molecule has 0 atom stereocenters. The SMILES string of the molecule is CC(C)C(=NN(C)C)C(C)C. The van der Waals surface area contributed by atoms with Gasteiger partial charge in [-0.15, -0.1) is 0 Å². The van der Waals surface area contributed by atoms with E-state index in [2.05, 4.69) is 32.8 Å². The molecule has 0 saturated carbocycles. The molecular formula is C9H20N2. The molecular weight excluding hydrogens is 136 g/mol. The van der Waals surface area contributed by atoms with Crippen molar-refractivity contribution in [3.05, 3.63) is 0 Å². The average Bonchev–Trinajstić information content (AvgIpc) is 1.81. The summed E-state index contributed by atoms with van der Waals surface area (Å²) < 4.78 is 0. The summed E-state index contributed by atoms with van der Waals surface area (Å²) in [5, 5.41) is 6.30. The van der Waals surface area contributed by atoms with E-state index in [1.807, 2.05) is 19.1 Å².